The molecular weight excluding hydrogens is 312 g/mol. The summed E-state index contributed by atoms with van der Waals surface area (Å²) in [6, 6.07) is 14.1. The lowest BCUT2D eigenvalue weighted by Gasteiger charge is -2.18. The summed E-state index contributed by atoms with van der Waals surface area (Å²) in [6.07, 6.45) is 0.140. The van der Waals surface area contributed by atoms with E-state index < -0.39 is 6.10 Å². The topological polar surface area (TPSA) is 41.6 Å². The van der Waals surface area contributed by atoms with Crippen molar-refractivity contribution in [2.24, 2.45) is 0 Å². The molecule has 25 heavy (non-hydrogen) atoms. The molecule has 1 N–H and O–H groups in total. The van der Waals surface area contributed by atoms with Crippen molar-refractivity contribution in [3.05, 3.63) is 59.2 Å². The maximum atomic E-state index is 12.4. The molecule has 1 unspecified atom stereocenters. The Morgan fingerprint density at radius 2 is 1.76 bits per heavy atom. The third-order valence-corrected chi connectivity index (χ3v) is 4.34. The fraction of sp³-hybridized carbons (Fsp3) is 0.381. The van der Waals surface area contributed by atoms with Crippen molar-refractivity contribution in [3.8, 4) is 5.75 Å². The molecule has 2 aromatic carbocycles. The highest BCUT2D eigenvalue weighted by Crippen LogP contribution is 2.19. The third kappa shape index (κ3) is 5.24. The number of aryl methyl sites for hydroxylation is 2. The molecule has 2 rings (SSSR count). The highest BCUT2D eigenvalue weighted by Gasteiger charge is 2.18. The molecule has 4 nitrogen and oxygen atoms in total. The predicted octanol–water partition coefficient (Wildman–Crippen LogP) is 3.84. The van der Waals surface area contributed by atoms with E-state index in [1.165, 1.54) is 5.56 Å². The second-order valence-corrected chi connectivity index (χ2v) is 6.54. The van der Waals surface area contributed by atoms with Gasteiger partial charge < -0.3 is 15.0 Å². The van der Waals surface area contributed by atoms with E-state index in [1.54, 1.807) is 0 Å². The standard InChI is InChI=1S/C21H28N2O2/c1-6-20(25-19-12-7-15(2)16(3)13-19)21(24)22-14-17-8-10-18(11-9-17)23(4)5/h7-13,20H,6,14H2,1-5H3,(H,22,24). The Hall–Kier alpha value is -2.49. The number of carbonyl (C=O) groups is 1. The van der Waals surface area contributed by atoms with Crippen LogP contribution in [-0.4, -0.2) is 26.1 Å². The van der Waals surface area contributed by atoms with E-state index in [0.29, 0.717) is 13.0 Å². The zero-order valence-electron chi connectivity index (χ0n) is 15.8. The highest BCUT2D eigenvalue weighted by atomic mass is 16.5. The van der Waals surface area contributed by atoms with Gasteiger partial charge >= 0.3 is 0 Å². The summed E-state index contributed by atoms with van der Waals surface area (Å²) < 4.78 is 5.88. The molecule has 134 valence electrons. The number of hydrogen-bond donors (Lipinski definition) is 1. The van der Waals surface area contributed by atoms with Crippen molar-refractivity contribution in [1.82, 2.24) is 5.32 Å². The Morgan fingerprint density at radius 3 is 2.32 bits per heavy atom. The van der Waals surface area contributed by atoms with Crippen molar-refractivity contribution in [1.29, 1.82) is 0 Å². The number of nitrogens with one attached hydrogen (secondary N) is 1. The molecule has 0 saturated carbocycles. The first kappa shape index (κ1) is 18.8. The van der Waals surface area contributed by atoms with E-state index >= 15 is 0 Å². The van der Waals surface area contributed by atoms with Gasteiger partial charge in [-0.2, -0.15) is 0 Å². The molecule has 0 bridgehead atoms. The van der Waals surface area contributed by atoms with Crippen LogP contribution in [0.1, 0.15) is 30.0 Å². The number of ether oxygens (including phenoxy) is 1. The average Bonchev–Trinajstić information content (AvgIpc) is 2.60. The van der Waals surface area contributed by atoms with Crippen LogP contribution in [0.4, 0.5) is 5.69 Å². The van der Waals surface area contributed by atoms with Crippen molar-refractivity contribution in [2.75, 3.05) is 19.0 Å². The number of hydrogen-bond acceptors (Lipinski definition) is 3. The fourth-order valence-electron chi connectivity index (χ4n) is 2.49. The lowest BCUT2D eigenvalue weighted by molar-refractivity contribution is -0.128. The summed E-state index contributed by atoms with van der Waals surface area (Å²) in [5.41, 5.74) is 4.58. The lowest BCUT2D eigenvalue weighted by atomic mass is 10.1. The van der Waals surface area contributed by atoms with Gasteiger partial charge in [0.25, 0.3) is 5.91 Å². The number of amides is 1. The van der Waals surface area contributed by atoms with Crippen molar-refractivity contribution in [3.63, 3.8) is 0 Å². The van der Waals surface area contributed by atoms with Crippen LogP contribution in [0.3, 0.4) is 0 Å². The molecule has 0 aliphatic heterocycles. The minimum atomic E-state index is -0.483. The van der Waals surface area contributed by atoms with Crippen LogP contribution in [0.15, 0.2) is 42.5 Å². The normalized spacial score (nSPS) is 11.7. The second kappa shape index (κ2) is 8.56. The monoisotopic (exact) mass is 340 g/mol. The van der Waals surface area contributed by atoms with Gasteiger partial charge in [0.05, 0.1) is 0 Å². The van der Waals surface area contributed by atoms with Crippen molar-refractivity contribution in [2.45, 2.75) is 39.8 Å². The third-order valence-electron chi connectivity index (χ3n) is 4.34. The molecule has 1 atom stereocenters. The molecule has 0 heterocycles. The van der Waals surface area contributed by atoms with Gasteiger partial charge in [0, 0.05) is 26.3 Å². The van der Waals surface area contributed by atoms with Crippen LogP contribution in [0, 0.1) is 13.8 Å². The quantitative estimate of drug-likeness (QED) is 0.832. The van der Waals surface area contributed by atoms with Crippen LogP contribution >= 0.6 is 0 Å². The second-order valence-electron chi connectivity index (χ2n) is 6.54. The molecule has 4 heteroatoms. The Bertz CT molecular complexity index is 708. The number of anilines is 1. The Morgan fingerprint density at radius 1 is 1.08 bits per heavy atom. The fourth-order valence-corrected chi connectivity index (χ4v) is 2.49. The predicted molar refractivity (Wildman–Crippen MR) is 103 cm³/mol. The highest BCUT2D eigenvalue weighted by molar-refractivity contribution is 5.81. The SMILES string of the molecule is CCC(Oc1ccc(C)c(C)c1)C(=O)NCc1ccc(N(C)C)cc1. The van der Waals surface area contributed by atoms with Crippen LogP contribution < -0.4 is 15.0 Å². The minimum absolute atomic E-state index is 0.0857. The maximum Gasteiger partial charge on any atom is 0.261 e. The van der Waals surface area contributed by atoms with Gasteiger partial charge in [0.15, 0.2) is 6.10 Å². The van der Waals surface area contributed by atoms with Gasteiger partial charge in [-0.25, -0.2) is 0 Å². The van der Waals surface area contributed by atoms with Gasteiger partial charge in [0.2, 0.25) is 0 Å². The van der Waals surface area contributed by atoms with Gasteiger partial charge in [0.1, 0.15) is 5.75 Å². The zero-order valence-corrected chi connectivity index (χ0v) is 15.8. The summed E-state index contributed by atoms with van der Waals surface area (Å²) in [4.78, 5) is 14.5. The Labute approximate surface area is 150 Å². The van der Waals surface area contributed by atoms with Crippen LogP contribution in [0.2, 0.25) is 0 Å². The number of rotatable bonds is 7. The van der Waals surface area contributed by atoms with E-state index in [2.05, 4.69) is 12.2 Å². The van der Waals surface area contributed by atoms with Crippen molar-refractivity contribution < 1.29 is 9.53 Å². The summed E-state index contributed by atoms with van der Waals surface area (Å²) in [5, 5.41) is 2.97. The Kier molecular flexibility index (Phi) is 6.45. The average molecular weight is 340 g/mol. The summed E-state index contributed by atoms with van der Waals surface area (Å²) in [7, 11) is 4.01. The molecule has 1 amide bonds. The maximum absolute atomic E-state index is 12.4. The molecule has 0 fully saturated rings. The molecule has 0 aromatic heterocycles. The number of nitrogens with zero attached hydrogens (tertiary/aromatic N) is 1. The largest absolute Gasteiger partial charge is 0.481 e. The summed E-state index contributed by atoms with van der Waals surface area (Å²) >= 11 is 0. The summed E-state index contributed by atoms with van der Waals surface area (Å²) in [6.45, 7) is 6.56. The van der Waals surface area contributed by atoms with Gasteiger partial charge in [-0.15, -0.1) is 0 Å². The van der Waals surface area contributed by atoms with Crippen LogP contribution in [-0.2, 0) is 11.3 Å². The molecule has 0 spiro atoms. The smallest absolute Gasteiger partial charge is 0.261 e. The van der Waals surface area contributed by atoms with Crippen LogP contribution in [0.5, 0.6) is 5.75 Å². The van der Waals surface area contributed by atoms with E-state index in [0.717, 1.165) is 22.6 Å². The molecule has 0 saturated heterocycles. The molecule has 2 aromatic rings. The van der Waals surface area contributed by atoms with E-state index in [1.807, 2.05) is 75.3 Å². The first-order valence-electron chi connectivity index (χ1n) is 8.68. The molecule has 0 aliphatic carbocycles. The van der Waals surface area contributed by atoms with Gasteiger partial charge in [-0.1, -0.05) is 25.1 Å². The van der Waals surface area contributed by atoms with E-state index in [-0.39, 0.29) is 5.91 Å². The first-order valence-corrected chi connectivity index (χ1v) is 8.68. The van der Waals surface area contributed by atoms with Crippen molar-refractivity contribution >= 4 is 11.6 Å². The van der Waals surface area contributed by atoms with Gasteiger partial charge in [-0.3, -0.25) is 4.79 Å². The Balaban J connectivity index is 1.93. The minimum Gasteiger partial charge on any atom is -0.481 e. The molecule has 0 radical (unpaired) electrons. The van der Waals surface area contributed by atoms with E-state index in [9.17, 15) is 4.79 Å². The first-order chi connectivity index (χ1) is 11.9. The van der Waals surface area contributed by atoms with E-state index in [4.69, 9.17) is 4.74 Å². The van der Waals surface area contributed by atoms with Crippen LogP contribution in [0.25, 0.3) is 0 Å². The number of carbonyl (C=O) groups excluding carboxylic acids is 1. The number of benzene rings is 2. The summed E-state index contributed by atoms with van der Waals surface area (Å²) in [5.74, 6) is 0.651. The van der Waals surface area contributed by atoms with Gasteiger partial charge in [-0.05, 0) is 61.2 Å². The molecular formula is C21H28N2O2. The zero-order chi connectivity index (χ0) is 18.4. The molecule has 0 aliphatic rings. The lowest BCUT2D eigenvalue weighted by Crippen LogP contribution is -2.37.